The van der Waals surface area contributed by atoms with Crippen LogP contribution in [0.3, 0.4) is 0 Å². The van der Waals surface area contributed by atoms with Crippen LogP contribution in [0.5, 0.6) is 0 Å². The molecule has 0 bridgehead atoms. The van der Waals surface area contributed by atoms with Gasteiger partial charge in [0.25, 0.3) is 0 Å². The Labute approximate surface area is 148 Å². The molecule has 2 saturated heterocycles. The molecule has 0 radical (unpaired) electrons. The summed E-state index contributed by atoms with van der Waals surface area (Å²) in [6.07, 6.45) is -1.49. The molecule has 0 spiro atoms. The number of ether oxygens (including phenoxy) is 1. The Kier molecular flexibility index (Phi) is 5.38. The largest absolute Gasteiger partial charge is 0.417 e. The Morgan fingerprint density at radius 3 is 2.68 bits per heavy atom. The zero-order valence-electron chi connectivity index (χ0n) is 13.5. The van der Waals surface area contributed by atoms with Gasteiger partial charge in [-0.1, -0.05) is 11.6 Å². The van der Waals surface area contributed by atoms with Crippen molar-refractivity contribution in [2.75, 3.05) is 31.2 Å². The topological polar surface area (TPSA) is 54.5 Å². The second kappa shape index (κ2) is 7.37. The van der Waals surface area contributed by atoms with E-state index < -0.39 is 11.7 Å². The molecule has 138 valence electrons. The molecule has 1 N–H and O–H groups in total. The van der Waals surface area contributed by atoms with Crippen LogP contribution in [0.2, 0.25) is 5.02 Å². The number of rotatable bonds is 3. The van der Waals surface area contributed by atoms with Crippen LogP contribution >= 0.6 is 11.6 Å². The molecule has 2 aliphatic rings. The number of carbonyl (C=O) groups is 1. The van der Waals surface area contributed by atoms with Gasteiger partial charge in [-0.05, 0) is 25.3 Å². The summed E-state index contributed by atoms with van der Waals surface area (Å²) in [7, 11) is 0. The first kappa shape index (κ1) is 18.3. The highest BCUT2D eigenvalue weighted by molar-refractivity contribution is 6.33. The summed E-state index contributed by atoms with van der Waals surface area (Å²) in [4.78, 5) is 18.0. The zero-order valence-corrected chi connectivity index (χ0v) is 14.2. The molecule has 1 atom stereocenters. The summed E-state index contributed by atoms with van der Waals surface area (Å²) in [5.41, 5.74) is -0.880. The van der Waals surface area contributed by atoms with Crippen LogP contribution in [0.1, 0.15) is 24.8 Å². The molecule has 1 amide bonds. The molecule has 0 aromatic carbocycles. The summed E-state index contributed by atoms with van der Waals surface area (Å²) in [5, 5.41) is 2.97. The Balaban J connectivity index is 1.61. The number of nitrogens with zero attached hydrogens (tertiary/aromatic N) is 2. The lowest BCUT2D eigenvalue weighted by Crippen LogP contribution is -2.42. The molecule has 0 saturated carbocycles. The summed E-state index contributed by atoms with van der Waals surface area (Å²) >= 11 is 5.98. The van der Waals surface area contributed by atoms with Gasteiger partial charge in [-0.25, -0.2) is 4.98 Å². The number of aromatic nitrogens is 1. The van der Waals surface area contributed by atoms with Gasteiger partial charge in [0.2, 0.25) is 5.91 Å². The second-order valence-electron chi connectivity index (χ2n) is 6.35. The zero-order chi connectivity index (χ0) is 18.0. The smallest absolute Gasteiger partial charge is 0.381 e. The standard InChI is InChI=1S/C16H19ClF3N3O2/c17-13-7-11(16(18,19)20)8-21-14(13)23-4-1-10(9-23)15(24)22-12-2-5-25-6-3-12/h7-8,10,12H,1-6,9H2,(H,22,24). The van der Waals surface area contributed by atoms with E-state index in [0.717, 1.165) is 25.1 Å². The summed E-state index contributed by atoms with van der Waals surface area (Å²) in [6, 6.07) is 1.00. The quantitative estimate of drug-likeness (QED) is 0.880. The maximum absolute atomic E-state index is 12.7. The lowest BCUT2D eigenvalue weighted by atomic mass is 10.1. The lowest BCUT2D eigenvalue weighted by molar-refractivity contribution is -0.137. The van der Waals surface area contributed by atoms with Crippen molar-refractivity contribution in [3.63, 3.8) is 0 Å². The Bertz CT molecular complexity index is 636. The van der Waals surface area contributed by atoms with Gasteiger partial charge in [-0.3, -0.25) is 4.79 Å². The predicted molar refractivity (Wildman–Crippen MR) is 86.6 cm³/mol. The minimum atomic E-state index is -4.48. The van der Waals surface area contributed by atoms with E-state index in [-0.39, 0.29) is 28.7 Å². The maximum atomic E-state index is 12.7. The third-order valence-electron chi connectivity index (χ3n) is 4.58. The van der Waals surface area contributed by atoms with Crippen LogP contribution in [0, 0.1) is 5.92 Å². The molecule has 9 heteroatoms. The Morgan fingerprint density at radius 2 is 2.04 bits per heavy atom. The van der Waals surface area contributed by atoms with Crippen molar-refractivity contribution >= 4 is 23.3 Å². The first-order valence-corrected chi connectivity index (χ1v) is 8.58. The molecular formula is C16H19ClF3N3O2. The highest BCUT2D eigenvalue weighted by atomic mass is 35.5. The second-order valence-corrected chi connectivity index (χ2v) is 6.76. The van der Waals surface area contributed by atoms with Crippen LogP contribution < -0.4 is 10.2 Å². The van der Waals surface area contributed by atoms with Gasteiger partial charge >= 0.3 is 6.18 Å². The van der Waals surface area contributed by atoms with Crippen LogP contribution in [0.15, 0.2) is 12.3 Å². The van der Waals surface area contributed by atoms with Gasteiger partial charge in [0.1, 0.15) is 5.82 Å². The molecule has 5 nitrogen and oxygen atoms in total. The molecule has 1 unspecified atom stereocenters. The average Bonchev–Trinajstić information content (AvgIpc) is 3.04. The molecular weight excluding hydrogens is 359 g/mol. The van der Waals surface area contributed by atoms with Crippen molar-refractivity contribution in [1.82, 2.24) is 10.3 Å². The monoisotopic (exact) mass is 377 g/mol. The number of nitrogens with one attached hydrogen (secondary N) is 1. The maximum Gasteiger partial charge on any atom is 0.417 e. The van der Waals surface area contributed by atoms with Crippen LogP contribution in [0.25, 0.3) is 0 Å². The number of halogens is 4. The van der Waals surface area contributed by atoms with Crippen molar-refractivity contribution in [2.24, 2.45) is 5.92 Å². The first-order chi connectivity index (χ1) is 11.8. The van der Waals surface area contributed by atoms with E-state index in [9.17, 15) is 18.0 Å². The summed E-state index contributed by atoms with van der Waals surface area (Å²) in [5.74, 6) is 0.0384. The van der Waals surface area contributed by atoms with Crippen molar-refractivity contribution in [2.45, 2.75) is 31.5 Å². The minimum absolute atomic E-state index is 0.0302. The lowest BCUT2D eigenvalue weighted by Gasteiger charge is -2.25. The number of carbonyl (C=O) groups excluding carboxylic acids is 1. The molecule has 3 heterocycles. The van der Waals surface area contributed by atoms with E-state index in [1.165, 1.54) is 0 Å². The summed E-state index contributed by atoms with van der Waals surface area (Å²) < 4.78 is 43.3. The SMILES string of the molecule is O=C(NC1CCOCC1)C1CCN(c2ncc(C(F)(F)F)cc2Cl)C1. The number of alkyl halides is 3. The first-order valence-electron chi connectivity index (χ1n) is 8.20. The summed E-state index contributed by atoms with van der Waals surface area (Å²) in [6.45, 7) is 2.22. The molecule has 1 aromatic rings. The van der Waals surface area contributed by atoms with Crippen LogP contribution in [0.4, 0.5) is 19.0 Å². The minimum Gasteiger partial charge on any atom is -0.381 e. The van der Waals surface area contributed by atoms with Crippen molar-refractivity contribution < 1.29 is 22.7 Å². The molecule has 0 aliphatic carbocycles. The van der Waals surface area contributed by atoms with Gasteiger partial charge in [-0.15, -0.1) is 0 Å². The highest BCUT2D eigenvalue weighted by Gasteiger charge is 2.34. The van der Waals surface area contributed by atoms with Gasteiger partial charge in [0.15, 0.2) is 0 Å². The van der Waals surface area contributed by atoms with E-state index in [0.29, 0.717) is 32.7 Å². The highest BCUT2D eigenvalue weighted by Crippen LogP contribution is 2.35. The fraction of sp³-hybridized carbons (Fsp3) is 0.625. The van der Waals surface area contributed by atoms with E-state index in [4.69, 9.17) is 16.3 Å². The van der Waals surface area contributed by atoms with Gasteiger partial charge in [-0.2, -0.15) is 13.2 Å². The van der Waals surface area contributed by atoms with Crippen molar-refractivity contribution in [1.29, 1.82) is 0 Å². The molecule has 25 heavy (non-hydrogen) atoms. The number of amides is 1. The van der Waals surface area contributed by atoms with E-state index in [2.05, 4.69) is 10.3 Å². The molecule has 3 rings (SSSR count). The molecule has 1 aromatic heterocycles. The van der Waals surface area contributed by atoms with Gasteiger partial charge < -0.3 is 15.0 Å². The van der Waals surface area contributed by atoms with Gasteiger partial charge in [0.05, 0.1) is 16.5 Å². The predicted octanol–water partition coefficient (Wildman–Crippen LogP) is 2.88. The average molecular weight is 378 g/mol. The van der Waals surface area contributed by atoms with E-state index in [1.54, 1.807) is 4.90 Å². The van der Waals surface area contributed by atoms with Crippen molar-refractivity contribution in [3.05, 3.63) is 22.8 Å². The third-order valence-corrected chi connectivity index (χ3v) is 4.85. The molecule has 2 fully saturated rings. The Morgan fingerprint density at radius 1 is 1.32 bits per heavy atom. The number of hydrogen-bond donors (Lipinski definition) is 1. The van der Waals surface area contributed by atoms with Crippen LogP contribution in [-0.4, -0.2) is 43.2 Å². The fourth-order valence-electron chi connectivity index (χ4n) is 3.15. The van der Waals surface area contributed by atoms with Crippen LogP contribution in [-0.2, 0) is 15.7 Å². The number of hydrogen-bond acceptors (Lipinski definition) is 4. The number of pyridine rings is 1. The number of anilines is 1. The van der Waals surface area contributed by atoms with Gasteiger partial charge in [0, 0.05) is 38.5 Å². The van der Waals surface area contributed by atoms with Crippen molar-refractivity contribution in [3.8, 4) is 0 Å². The Hall–Kier alpha value is -1.54. The van der Waals surface area contributed by atoms with E-state index in [1.807, 2.05) is 0 Å². The fourth-order valence-corrected chi connectivity index (χ4v) is 3.43. The normalized spacial score (nSPS) is 22.2. The van der Waals surface area contributed by atoms with E-state index >= 15 is 0 Å². The third kappa shape index (κ3) is 4.36. The molecule has 2 aliphatic heterocycles.